The Kier molecular flexibility index (Phi) is 12.0. The number of hydrogen-bond acceptors (Lipinski definition) is 4. The maximum atomic E-state index is 12.7. The molecule has 0 saturated heterocycles. The quantitative estimate of drug-likeness (QED) is 0.165. The van der Waals surface area contributed by atoms with Gasteiger partial charge in [-0.2, -0.15) is 0 Å². The molecule has 0 bridgehead atoms. The maximum Gasteiger partial charge on any atom is 0.161 e. The first-order valence-electron chi connectivity index (χ1n) is 27.8. The summed E-state index contributed by atoms with van der Waals surface area (Å²) in [6, 6.07) is 61.1. The van der Waals surface area contributed by atoms with Gasteiger partial charge in [0.15, 0.2) is 5.58 Å². The topological polar surface area (TPSA) is 69.0 Å². The highest BCUT2D eigenvalue weighted by Crippen LogP contribution is 2.48. The first-order valence-corrected chi connectivity index (χ1v) is 27.8. The summed E-state index contributed by atoms with van der Waals surface area (Å²) in [6.07, 6.45) is 0. The molecule has 0 atom stereocenters. The molecule has 0 aliphatic rings. The number of benzene rings is 9. The molecule has 0 aliphatic heterocycles. The number of phenols is 1. The van der Waals surface area contributed by atoms with Crippen LogP contribution in [-0.2, 0) is 16.2 Å². The number of aromatic hydroxyl groups is 1. The lowest BCUT2D eigenvalue weighted by Crippen LogP contribution is -2.17. The van der Waals surface area contributed by atoms with Crippen LogP contribution in [0.2, 0.25) is 0 Å². The molecule has 12 aromatic rings. The van der Waals surface area contributed by atoms with Crippen molar-refractivity contribution in [1.29, 1.82) is 0 Å². The number of para-hydroxylation sites is 3. The minimum absolute atomic E-state index is 0.205. The molecule has 390 valence electrons. The molecule has 0 spiro atoms. The van der Waals surface area contributed by atoms with Crippen molar-refractivity contribution in [3.63, 3.8) is 0 Å². The van der Waals surface area contributed by atoms with Crippen LogP contribution < -0.4 is 0 Å². The van der Waals surface area contributed by atoms with Crippen molar-refractivity contribution in [3.8, 4) is 62.2 Å². The molecular formula is C72H70N4O2. The molecule has 1 N–H and O–H groups in total. The van der Waals surface area contributed by atoms with Crippen LogP contribution in [0, 0.1) is 0 Å². The number of aromatic nitrogens is 4. The van der Waals surface area contributed by atoms with Crippen molar-refractivity contribution in [2.75, 3.05) is 0 Å². The molecule has 0 unspecified atom stereocenters. The minimum Gasteiger partial charge on any atom is -0.507 e. The first-order chi connectivity index (χ1) is 37.2. The SMILES string of the molecule is CC(C)c1cccc(C(C)C)c1-n1c(-c2cc(-c3cccc4c3nc(-c3cc(C(C)(C)C)cc(C(C)(C)C)c3O)n4-c3ccccc3-c3ccccc3)cc(C(C)(C)C)c2)nc2ccc3c4ccc5ccccc5c4oc3c21. The Morgan fingerprint density at radius 3 is 1.78 bits per heavy atom. The number of nitrogens with zero attached hydrogens (tertiary/aromatic N) is 4. The molecule has 6 nitrogen and oxygen atoms in total. The maximum absolute atomic E-state index is 12.7. The molecule has 78 heavy (non-hydrogen) atoms. The van der Waals surface area contributed by atoms with E-state index >= 15 is 0 Å². The van der Waals surface area contributed by atoms with Crippen LogP contribution in [0.25, 0.3) is 111 Å². The second-order valence-corrected chi connectivity index (χ2v) is 25.2. The van der Waals surface area contributed by atoms with E-state index in [0.29, 0.717) is 11.4 Å². The van der Waals surface area contributed by atoms with Crippen molar-refractivity contribution in [2.24, 2.45) is 0 Å². The van der Waals surface area contributed by atoms with Crippen LogP contribution >= 0.6 is 0 Å². The normalized spacial score (nSPS) is 12.7. The highest BCUT2D eigenvalue weighted by Gasteiger charge is 2.31. The molecular weight excluding hydrogens is 953 g/mol. The van der Waals surface area contributed by atoms with Crippen LogP contribution in [0.1, 0.15) is 130 Å². The summed E-state index contributed by atoms with van der Waals surface area (Å²) in [5.41, 5.74) is 18.2. The average Bonchev–Trinajstić information content (AvgIpc) is 4.23. The van der Waals surface area contributed by atoms with E-state index in [4.69, 9.17) is 14.4 Å². The van der Waals surface area contributed by atoms with Gasteiger partial charge in [0.1, 0.15) is 28.5 Å². The average molecular weight is 1020 g/mol. The van der Waals surface area contributed by atoms with Crippen LogP contribution in [0.5, 0.6) is 5.75 Å². The predicted molar refractivity (Wildman–Crippen MR) is 328 cm³/mol. The fourth-order valence-corrected chi connectivity index (χ4v) is 11.7. The van der Waals surface area contributed by atoms with Crippen LogP contribution in [-0.4, -0.2) is 24.2 Å². The minimum atomic E-state index is -0.347. The summed E-state index contributed by atoms with van der Waals surface area (Å²) in [5, 5.41) is 17.1. The molecule has 0 amide bonds. The second-order valence-electron chi connectivity index (χ2n) is 25.2. The zero-order valence-electron chi connectivity index (χ0n) is 47.5. The summed E-state index contributed by atoms with van der Waals surface area (Å²) >= 11 is 0. The first kappa shape index (κ1) is 50.6. The van der Waals surface area contributed by atoms with Crippen molar-refractivity contribution in [3.05, 3.63) is 198 Å². The van der Waals surface area contributed by atoms with Gasteiger partial charge in [0, 0.05) is 38.4 Å². The molecule has 3 heterocycles. The van der Waals surface area contributed by atoms with Gasteiger partial charge in [0.25, 0.3) is 0 Å². The summed E-state index contributed by atoms with van der Waals surface area (Å²) < 4.78 is 11.9. The third-order valence-electron chi connectivity index (χ3n) is 16.0. The van der Waals surface area contributed by atoms with Gasteiger partial charge in [-0.15, -0.1) is 0 Å². The number of imidazole rings is 2. The van der Waals surface area contributed by atoms with E-state index in [1.54, 1.807) is 0 Å². The second kappa shape index (κ2) is 18.5. The van der Waals surface area contributed by atoms with Gasteiger partial charge in [0.05, 0.1) is 33.5 Å². The van der Waals surface area contributed by atoms with Crippen molar-refractivity contribution >= 4 is 54.8 Å². The molecule has 0 saturated carbocycles. The number of phenolic OH excluding ortho intramolecular Hbond substituents is 1. The van der Waals surface area contributed by atoms with Crippen LogP contribution in [0.3, 0.4) is 0 Å². The summed E-state index contributed by atoms with van der Waals surface area (Å²) in [5.74, 6) is 2.21. The monoisotopic (exact) mass is 1020 g/mol. The Balaban J connectivity index is 1.19. The Morgan fingerprint density at radius 1 is 0.462 bits per heavy atom. The standard InChI is InChI=1S/C72H70N4O2/c1-42(2)50-28-21-29-51(43(3)4)63(50)76-64-59(36-35-56-55-34-33-45-25-17-18-27-54(45)66(55)78-67(56)64)73-68(76)47-37-46(38-48(39-47)70(5,6)7)53-30-22-32-61-62(53)74-69(57-40-49(71(8,9)10)41-58(65(57)77)72(11,12)13)75(61)60-31-20-19-26-52(60)44-23-15-14-16-24-44/h14-43,77H,1-13H3. The molecule has 12 rings (SSSR count). The summed E-state index contributed by atoms with van der Waals surface area (Å²) in [4.78, 5) is 11.5. The van der Waals surface area contributed by atoms with Gasteiger partial charge in [-0.05, 0) is 115 Å². The van der Waals surface area contributed by atoms with E-state index in [2.05, 4.69) is 269 Å². The van der Waals surface area contributed by atoms with Crippen LogP contribution in [0.4, 0.5) is 0 Å². The van der Waals surface area contributed by atoms with Gasteiger partial charge in [-0.1, -0.05) is 211 Å². The molecule has 9 aromatic carbocycles. The van der Waals surface area contributed by atoms with Gasteiger partial charge in [-0.3, -0.25) is 9.13 Å². The number of furan rings is 1. The molecule has 3 aromatic heterocycles. The lowest BCUT2D eigenvalue weighted by molar-refractivity contribution is 0.446. The lowest BCUT2D eigenvalue weighted by Gasteiger charge is -2.27. The Bertz CT molecular complexity index is 4310. The van der Waals surface area contributed by atoms with Gasteiger partial charge in [0.2, 0.25) is 0 Å². The third kappa shape index (κ3) is 8.39. The molecule has 0 aliphatic carbocycles. The van der Waals surface area contributed by atoms with E-state index in [1.165, 1.54) is 16.7 Å². The van der Waals surface area contributed by atoms with Crippen molar-refractivity contribution < 1.29 is 9.52 Å². The molecule has 6 heteroatoms. The van der Waals surface area contributed by atoms with Gasteiger partial charge >= 0.3 is 0 Å². The Labute approximate surface area is 459 Å². The largest absolute Gasteiger partial charge is 0.507 e. The van der Waals surface area contributed by atoms with Crippen LogP contribution in [0.15, 0.2) is 174 Å². The fourth-order valence-electron chi connectivity index (χ4n) is 11.7. The Morgan fingerprint density at radius 2 is 1.08 bits per heavy atom. The highest BCUT2D eigenvalue weighted by molar-refractivity contribution is 6.20. The van der Waals surface area contributed by atoms with E-state index in [0.717, 1.165) is 111 Å². The predicted octanol–water partition coefficient (Wildman–Crippen LogP) is 19.9. The van der Waals surface area contributed by atoms with E-state index in [-0.39, 0.29) is 33.8 Å². The third-order valence-corrected chi connectivity index (χ3v) is 16.0. The number of fused-ring (bicyclic) bond motifs is 8. The number of rotatable bonds is 8. The van der Waals surface area contributed by atoms with E-state index in [1.807, 2.05) is 0 Å². The summed E-state index contributed by atoms with van der Waals surface area (Å²) in [7, 11) is 0. The molecule has 0 radical (unpaired) electrons. The van der Waals surface area contributed by atoms with Crippen molar-refractivity contribution in [1.82, 2.24) is 19.1 Å². The van der Waals surface area contributed by atoms with Crippen molar-refractivity contribution in [2.45, 2.75) is 118 Å². The Hall–Kier alpha value is -8.22. The smallest absolute Gasteiger partial charge is 0.161 e. The van der Waals surface area contributed by atoms with Gasteiger partial charge in [-0.25, -0.2) is 9.97 Å². The van der Waals surface area contributed by atoms with E-state index in [9.17, 15) is 5.11 Å². The van der Waals surface area contributed by atoms with Gasteiger partial charge < -0.3 is 9.52 Å². The highest BCUT2D eigenvalue weighted by atomic mass is 16.3. The van der Waals surface area contributed by atoms with E-state index < -0.39 is 0 Å². The fraction of sp³-hybridized carbons (Fsp3) is 0.250. The molecule has 0 fully saturated rings. The zero-order valence-corrected chi connectivity index (χ0v) is 47.5. The summed E-state index contributed by atoms with van der Waals surface area (Å²) in [6.45, 7) is 29.3. The lowest BCUT2D eigenvalue weighted by atomic mass is 9.79. The number of hydrogen-bond donors (Lipinski definition) is 1. The zero-order chi connectivity index (χ0) is 54.7.